The lowest BCUT2D eigenvalue weighted by molar-refractivity contribution is -0.383. The Morgan fingerprint density at radius 3 is 2.72 bits per heavy atom. The maximum Gasteiger partial charge on any atom is 0.353 e. The Morgan fingerprint density at radius 2 is 2.04 bits per heavy atom. The minimum Gasteiger partial charge on any atom is -0.495 e. The second kappa shape index (κ2) is 7.52. The topological polar surface area (TPSA) is 93.4 Å². The van der Waals surface area contributed by atoms with Crippen molar-refractivity contribution >= 4 is 34.6 Å². The fourth-order valence-corrected chi connectivity index (χ4v) is 3.04. The molecule has 0 bridgehead atoms. The lowest BCUT2D eigenvalue weighted by atomic mass is 10.1. The normalized spacial score (nSPS) is 14.2. The van der Waals surface area contributed by atoms with E-state index in [-0.39, 0.29) is 11.5 Å². The molecule has 1 aliphatic heterocycles. The molecule has 9 heteroatoms. The Bertz CT molecular complexity index is 780. The summed E-state index contributed by atoms with van der Waals surface area (Å²) in [5.74, 6) is 0.959. The van der Waals surface area contributed by atoms with Gasteiger partial charge in [0, 0.05) is 18.1 Å². The Labute approximate surface area is 149 Å². The summed E-state index contributed by atoms with van der Waals surface area (Å²) in [6.45, 7) is 1.50. The maximum absolute atomic E-state index is 11.7. The smallest absolute Gasteiger partial charge is 0.353 e. The van der Waals surface area contributed by atoms with Crippen molar-refractivity contribution in [3.8, 4) is 5.75 Å². The first kappa shape index (κ1) is 17.2. The summed E-state index contributed by atoms with van der Waals surface area (Å²) in [6.07, 6.45) is 4.44. The molecular formula is C16H18ClN5O3. The molecule has 2 heterocycles. The van der Waals surface area contributed by atoms with Crippen LogP contribution in [0, 0.1) is 10.1 Å². The fraction of sp³-hybridized carbons (Fsp3) is 0.375. The van der Waals surface area contributed by atoms with Crippen molar-refractivity contribution < 1.29 is 9.66 Å². The van der Waals surface area contributed by atoms with E-state index in [1.165, 1.54) is 13.4 Å². The molecule has 0 saturated carbocycles. The van der Waals surface area contributed by atoms with Gasteiger partial charge < -0.3 is 15.0 Å². The monoisotopic (exact) mass is 363 g/mol. The van der Waals surface area contributed by atoms with E-state index in [4.69, 9.17) is 16.3 Å². The van der Waals surface area contributed by atoms with Gasteiger partial charge in [-0.2, -0.15) is 0 Å². The largest absolute Gasteiger partial charge is 0.495 e. The zero-order chi connectivity index (χ0) is 17.8. The zero-order valence-corrected chi connectivity index (χ0v) is 14.5. The van der Waals surface area contributed by atoms with E-state index >= 15 is 0 Å². The second-order valence-corrected chi connectivity index (χ2v) is 6.11. The van der Waals surface area contributed by atoms with Gasteiger partial charge in [0.05, 0.1) is 17.7 Å². The van der Waals surface area contributed by atoms with Crippen LogP contribution >= 0.6 is 11.6 Å². The van der Waals surface area contributed by atoms with E-state index in [1.54, 1.807) is 18.2 Å². The van der Waals surface area contributed by atoms with Gasteiger partial charge in [0.1, 0.15) is 12.1 Å². The Hall–Kier alpha value is -2.61. The van der Waals surface area contributed by atoms with Gasteiger partial charge in [0.15, 0.2) is 0 Å². The number of hydrogen-bond donors (Lipinski definition) is 1. The highest BCUT2D eigenvalue weighted by Gasteiger charge is 2.28. The number of ether oxygens (including phenoxy) is 1. The molecule has 0 atom stereocenters. The Balaban J connectivity index is 2.01. The number of rotatable bonds is 5. The van der Waals surface area contributed by atoms with Crippen LogP contribution in [0.5, 0.6) is 5.75 Å². The molecular weight excluding hydrogens is 346 g/mol. The summed E-state index contributed by atoms with van der Waals surface area (Å²) in [7, 11) is 1.52. The van der Waals surface area contributed by atoms with Crippen molar-refractivity contribution in [3.63, 3.8) is 0 Å². The molecule has 3 rings (SSSR count). The first-order valence-electron chi connectivity index (χ1n) is 7.95. The minimum absolute atomic E-state index is 0.112. The SMILES string of the molecule is COc1ccc(Cl)cc1Nc1ncnc(N2CCCCC2)c1[N+](=O)[O-]. The third kappa shape index (κ3) is 3.74. The van der Waals surface area contributed by atoms with Crippen LogP contribution in [-0.2, 0) is 0 Å². The van der Waals surface area contributed by atoms with E-state index in [2.05, 4.69) is 15.3 Å². The first-order chi connectivity index (χ1) is 12.1. The molecule has 0 radical (unpaired) electrons. The van der Waals surface area contributed by atoms with Crippen molar-refractivity contribution in [3.05, 3.63) is 39.7 Å². The molecule has 1 fully saturated rings. The summed E-state index contributed by atoms with van der Waals surface area (Å²) in [4.78, 5) is 21.4. The van der Waals surface area contributed by atoms with Crippen molar-refractivity contribution in [2.75, 3.05) is 30.4 Å². The van der Waals surface area contributed by atoms with Crippen molar-refractivity contribution in [1.82, 2.24) is 9.97 Å². The Morgan fingerprint density at radius 1 is 1.28 bits per heavy atom. The molecule has 0 unspecified atom stereocenters. The number of methoxy groups -OCH3 is 1. The number of benzene rings is 1. The van der Waals surface area contributed by atoms with Crippen molar-refractivity contribution in [2.24, 2.45) is 0 Å². The van der Waals surface area contributed by atoms with Crippen LogP contribution in [0.2, 0.25) is 5.02 Å². The van der Waals surface area contributed by atoms with Crippen molar-refractivity contribution in [1.29, 1.82) is 0 Å². The minimum atomic E-state index is -0.455. The van der Waals surface area contributed by atoms with Crippen LogP contribution in [0.1, 0.15) is 19.3 Å². The van der Waals surface area contributed by atoms with Crippen LogP contribution in [0.15, 0.2) is 24.5 Å². The number of nitrogens with zero attached hydrogens (tertiary/aromatic N) is 4. The number of nitro groups is 1. The van der Waals surface area contributed by atoms with E-state index in [1.807, 2.05) is 4.90 Å². The summed E-state index contributed by atoms with van der Waals surface area (Å²) in [5.41, 5.74) is 0.354. The van der Waals surface area contributed by atoms with Gasteiger partial charge in [0.2, 0.25) is 11.6 Å². The van der Waals surface area contributed by atoms with Crippen molar-refractivity contribution in [2.45, 2.75) is 19.3 Å². The second-order valence-electron chi connectivity index (χ2n) is 5.67. The predicted octanol–water partition coefficient (Wildman–Crippen LogP) is 3.78. The quantitative estimate of drug-likeness (QED) is 0.638. The lowest BCUT2D eigenvalue weighted by Gasteiger charge is -2.27. The van der Waals surface area contributed by atoms with Crippen LogP contribution in [0.3, 0.4) is 0 Å². The summed E-state index contributed by atoms with van der Waals surface area (Å²) >= 11 is 6.02. The highest BCUT2D eigenvalue weighted by atomic mass is 35.5. The molecule has 25 heavy (non-hydrogen) atoms. The van der Waals surface area contributed by atoms with Gasteiger partial charge in [-0.15, -0.1) is 0 Å². The predicted molar refractivity (Wildman–Crippen MR) is 96.0 cm³/mol. The molecule has 8 nitrogen and oxygen atoms in total. The van der Waals surface area contributed by atoms with Gasteiger partial charge in [0.25, 0.3) is 0 Å². The molecule has 2 aromatic rings. The van der Waals surface area contributed by atoms with Gasteiger partial charge in [-0.3, -0.25) is 10.1 Å². The third-order valence-corrected chi connectivity index (χ3v) is 4.29. The molecule has 0 aliphatic carbocycles. The molecule has 1 aromatic carbocycles. The van der Waals surface area contributed by atoms with Gasteiger partial charge in [-0.05, 0) is 37.5 Å². The number of nitrogens with one attached hydrogen (secondary N) is 1. The number of halogens is 1. The number of piperidine rings is 1. The van der Waals surface area contributed by atoms with Crippen LogP contribution in [0.25, 0.3) is 0 Å². The standard InChI is InChI=1S/C16H18ClN5O3/c1-25-13-6-5-11(17)9-12(13)20-15-14(22(23)24)16(19-10-18-15)21-7-3-2-4-8-21/h5-6,9-10H,2-4,7-8H2,1H3,(H,18,19,20). The van der Waals surface area contributed by atoms with Gasteiger partial charge >= 0.3 is 5.69 Å². The summed E-state index contributed by atoms with van der Waals surface area (Å²) in [6, 6.07) is 5.00. The average molecular weight is 364 g/mol. The molecule has 132 valence electrons. The fourth-order valence-electron chi connectivity index (χ4n) is 2.87. The average Bonchev–Trinajstić information content (AvgIpc) is 2.62. The number of hydrogen-bond acceptors (Lipinski definition) is 7. The molecule has 0 amide bonds. The molecule has 1 N–H and O–H groups in total. The summed E-state index contributed by atoms with van der Waals surface area (Å²) in [5, 5.41) is 15.1. The van der Waals surface area contributed by atoms with Gasteiger partial charge in [-0.1, -0.05) is 11.6 Å². The van der Waals surface area contributed by atoms with E-state index in [9.17, 15) is 10.1 Å². The number of anilines is 3. The van der Waals surface area contributed by atoms with E-state index < -0.39 is 4.92 Å². The first-order valence-corrected chi connectivity index (χ1v) is 8.33. The lowest BCUT2D eigenvalue weighted by Crippen LogP contribution is -2.31. The number of aromatic nitrogens is 2. The van der Waals surface area contributed by atoms with E-state index in [0.717, 1.165) is 32.4 Å². The highest BCUT2D eigenvalue weighted by Crippen LogP contribution is 2.37. The maximum atomic E-state index is 11.7. The Kier molecular flexibility index (Phi) is 5.18. The van der Waals surface area contributed by atoms with Crippen LogP contribution in [0.4, 0.5) is 23.0 Å². The highest BCUT2D eigenvalue weighted by molar-refractivity contribution is 6.31. The van der Waals surface area contributed by atoms with Crippen LogP contribution in [-0.4, -0.2) is 35.1 Å². The summed E-state index contributed by atoms with van der Waals surface area (Å²) < 4.78 is 5.27. The molecule has 0 spiro atoms. The molecule has 1 saturated heterocycles. The molecule has 1 aliphatic rings. The third-order valence-electron chi connectivity index (χ3n) is 4.06. The van der Waals surface area contributed by atoms with Gasteiger partial charge in [-0.25, -0.2) is 9.97 Å². The van der Waals surface area contributed by atoms with E-state index in [0.29, 0.717) is 22.3 Å². The zero-order valence-electron chi connectivity index (χ0n) is 13.7. The van der Waals surface area contributed by atoms with Crippen LogP contribution < -0.4 is 15.0 Å². The molecule has 1 aromatic heterocycles.